The highest BCUT2D eigenvalue weighted by atomic mass is 35.5. The van der Waals surface area contributed by atoms with Crippen LogP contribution in [-0.4, -0.2) is 38.3 Å². The molecule has 1 atom stereocenters. The van der Waals surface area contributed by atoms with E-state index in [1.165, 1.54) is 6.07 Å². The standard InChI is InChI=1S/C20H21ClF3N3O2/c1-13(25-16-5-3-15(21)4-6-16)19(28)26-17-12-14(20(22,23)24)2-7-18(17)27-8-10-29-11-9-27/h2-7,12-13,25H,8-11H2,1H3,(H,26,28). The Morgan fingerprint density at radius 3 is 2.41 bits per heavy atom. The topological polar surface area (TPSA) is 53.6 Å². The van der Waals surface area contributed by atoms with Gasteiger partial charge in [-0.2, -0.15) is 13.2 Å². The molecule has 1 saturated heterocycles. The fourth-order valence-electron chi connectivity index (χ4n) is 3.00. The van der Waals surface area contributed by atoms with Crippen molar-refractivity contribution in [3.8, 4) is 0 Å². The average molecular weight is 428 g/mol. The second kappa shape index (κ2) is 8.92. The first kappa shape index (κ1) is 21.3. The van der Waals surface area contributed by atoms with Gasteiger partial charge in [0.1, 0.15) is 6.04 Å². The molecule has 5 nitrogen and oxygen atoms in total. The summed E-state index contributed by atoms with van der Waals surface area (Å²) in [6.45, 7) is 3.65. The minimum atomic E-state index is -4.50. The molecule has 0 bridgehead atoms. The van der Waals surface area contributed by atoms with Gasteiger partial charge in [0.2, 0.25) is 5.91 Å². The van der Waals surface area contributed by atoms with Crippen molar-refractivity contribution in [2.45, 2.75) is 19.1 Å². The molecule has 2 aromatic rings. The summed E-state index contributed by atoms with van der Waals surface area (Å²) in [5.41, 5.74) is 0.516. The summed E-state index contributed by atoms with van der Waals surface area (Å²) in [7, 11) is 0. The van der Waals surface area contributed by atoms with Crippen LogP contribution in [0.2, 0.25) is 5.02 Å². The van der Waals surface area contributed by atoms with Gasteiger partial charge in [0, 0.05) is 23.8 Å². The van der Waals surface area contributed by atoms with E-state index in [0.717, 1.165) is 12.1 Å². The SMILES string of the molecule is CC(Nc1ccc(Cl)cc1)C(=O)Nc1cc(C(F)(F)F)ccc1N1CCOCC1. The summed E-state index contributed by atoms with van der Waals surface area (Å²) >= 11 is 5.85. The van der Waals surface area contributed by atoms with Gasteiger partial charge in [0.15, 0.2) is 0 Å². The number of hydrogen-bond donors (Lipinski definition) is 2. The predicted octanol–water partition coefficient (Wildman–Crippen LogP) is 4.63. The van der Waals surface area contributed by atoms with Gasteiger partial charge in [-0.3, -0.25) is 4.79 Å². The minimum absolute atomic E-state index is 0.122. The van der Waals surface area contributed by atoms with Crippen LogP contribution in [0.3, 0.4) is 0 Å². The molecule has 2 N–H and O–H groups in total. The third-order valence-corrected chi connectivity index (χ3v) is 4.81. The Kier molecular flexibility index (Phi) is 6.54. The number of amides is 1. The highest BCUT2D eigenvalue weighted by Gasteiger charge is 2.32. The number of alkyl halides is 3. The Bertz CT molecular complexity index is 853. The van der Waals surface area contributed by atoms with E-state index in [4.69, 9.17) is 16.3 Å². The molecule has 0 saturated carbocycles. The third-order valence-electron chi connectivity index (χ3n) is 4.55. The number of halogens is 4. The first-order valence-electron chi connectivity index (χ1n) is 9.11. The molecule has 156 valence electrons. The molecule has 1 aliphatic heterocycles. The Morgan fingerprint density at radius 2 is 1.79 bits per heavy atom. The van der Waals surface area contributed by atoms with Crippen LogP contribution in [0.4, 0.5) is 30.2 Å². The van der Waals surface area contributed by atoms with E-state index in [1.807, 2.05) is 4.90 Å². The van der Waals surface area contributed by atoms with Crippen molar-refractivity contribution in [2.24, 2.45) is 0 Å². The Hall–Kier alpha value is -2.45. The number of ether oxygens (including phenoxy) is 1. The highest BCUT2D eigenvalue weighted by molar-refractivity contribution is 6.30. The van der Waals surface area contributed by atoms with Gasteiger partial charge < -0.3 is 20.3 Å². The molecule has 29 heavy (non-hydrogen) atoms. The maximum absolute atomic E-state index is 13.2. The lowest BCUT2D eigenvalue weighted by Gasteiger charge is -2.31. The molecule has 1 heterocycles. The van der Waals surface area contributed by atoms with E-state index >= 15 is 0 Å². The zero-order valence-corrected chi connectivity index (χ0v) is 16.5. The molecular weight excluding hydrogens is 407 g/mol. The molecule has 0 spiro atoms. The van der Waals surface area contributed by atoms with Crippen molar-refractivity contribution in [1.29, 1.82) is 0 Å². The highest BCUT2D eigenvalue weighted by Crippen LogP contribution is 2.36. The van der Waals surface area contributed by atoms with Crippen molar-refractivity contribution in [3.63, 3.8) is 0 Å². The molecule has 1 unspecified atom stereocenters. The van der Waals surface area contributed by atoms with Crippen molar-refractivity contribution in [3.05, 3.63) is 53.1 Å². The maximum atomic E-state index is 13.2. The van der Waals surface area contributed by atoms with Gasteiger partial charge in [-0.15, -0.1) is 0 Å². The molecule has 0 radical (unpaired) electrons. The fraction of sp³-hybridized carbons (Fsp3) is 0.350. The lowest BCUT2D eigenvalue weighted by atomic mass is 10.1. The second-order valence-corrected chi connectivity index (χ2v) is 7.13. The van der Waals surface area contributed by atoms with E-state index in [-0.39, 0.29) is 5.69 Å². The summed E-state index contributed by atoms with van der Waals surface area (Å²) in [6.07, 6.45) is -4.50. The minimum Gasteiger partial charge on any atom is -0.378 e. The number of nitrogens with one attached hydrogen (secondary N) is 2. The number of hydrogen-bond acceptors (Lipinski definition) is 4. The predicted molar refractivity (Wildman–Crippen MR) is 108 cm³/mol. The van der Waals surface area contributed by atoms with Gasteiger partial charge in [-0.25, -0.2) is 0 Å². The largest absolute Gasteiger partial charge is 0.416 e. The first-order chi connectivity index (χ1) is 13.7. The first-order valence-corrected chi connectivity index (χ1v) is 9.49. The van der Waals surface area contributed by atoms with Crippen molar-refractivity contribution in [2.75, 3.05) is 41.8 Å². The summed E-state index contributed by atoms with van der Waals surface area (Å²) in [5.74, 6) is -0.450. The Morgan fingerprint density at radius 1 is 1.14 bits per heavy atom. The molecule has 0 aliphatic carbocycles. The van der Waals surface area contributed by atoms with Gasteiger partial charge in [-0.05, 0) is 49.4 Å². The maximum Gasteiger partial charge on any atom is 0.416 e. The molecule has 9 heteroatoms. The number of nitrogens with zero attached hydrogens (tertiary/aromatic N) is 1. The molecule has 1 aliphatic rings. The van der Waals surface area contributed by atoms with E-state index in [1.54, 1.807) is 31.2 Å². The number of rotatable bonds is 5. The molecule has 1 amide bonds. The zero-order chi connectivity index (χ0) is 21.0. The van der Waals surface area contributed by atoms with E-state index in [9.17, 15) is 18.0 Å². The van der Waals surface area contributed by atoms with Crippen LogP contribution in [0.15, 0.2) is 42.5 Å². The normalized spacial score (nSPS) is 15.7. The molecule has 1 fully saturated rings. The van der Waals surface area contributed by atoms with Gasteiger partial charge >= 0.3 is 6.18 Å². The summed E-state index contributed by atoms with van der Waals surface area (Å²) < 4.78 is 44.9. The molecule has 0 aromatic heterocycles. The van der Waals surface area contributed by atoms with Gasteiger partial charge in [0.25, 0.3) is 0 Å². The van der Waals surface area contributed by atoms with Gasteiger partial charge in [0.05, 0.1) is 30.2 Å². The zero-order valence-electron chi connectivity index (χ0n) is 15.7. The summed E-state index contributed by atoms with van der Waals surface area (Å²) in [5, 5.41) is 6.21. The quantitative estimate of drug-likeness (QED) is 0.730. The van der Waals surface area contributed by atoms with Crippen LogP contribution >= 0.6 is 11.6 Å². The van der Waals surface area contributed by atoms with E-state index < -0.39 is 23.7 Å². The smallest absolute Gasteiger partial charge is 0.378 e. The average Bonchev–Trinajstić information content (AvgIpc) is 2.69. The van der Waals surface area contributed by atoms with Crippen LogP contribution in [0.5, 0.6) is 0 Å². The fourth-order valence-corrected chi connectivity index (χ4v) is 3.12. The van der Waals surface area contributed by atoms with Crippen molar-refractivity contribution in [1.82, 2.24) is 0 Å². The van der Waals surface area contributed by atoms with Crippen LogP contribution in [-0.2, 0) is 15.7 Å². The Balaban J connectivity index is 1.80. The van der Waals surface area contributed by atoms with E-state index in [2.05, 4.69) is 10.6 Å². The number of carbonyl (C=O) groups excluding carboxylic acids is 1. The lowest BCUT2D eigenvalue weighted by Crippen LogP contribution is -2.37. The monoisotopic (exact) mass is 427 g/mol. The third kappa shape index (κ3) is 5.55. The van der Waals surface area contributed by atoms with Crippen LogP contribution in [0, 0.1) is 0 Å². The summed E-state index contributed by atoms with van der Waals surface area (Å²) in [4.78, 5) is 14.6. The van der Waals surface area contributed by atoms with E-state index in [0.29, 0.717) is 42.7 Å². The molecular formula is C20H21ClF3N3O2. The number of morpholine rings is 1. The number of carbonyl (C=O) groups is 1. The van der Waals surface area contributed by atoms with Crippen LogP contribution in [0.1, 0.15) is 12.5 Å². The Labute approximate surface area is 171 Å². The number of anilines is 3. The molecule has 2 aromatic carbocycles. The lowest BCUT2D eigenvalue weighted by molar-refractivity contribution is -0.137. The van der Waals surface area contributed by atoms with Crippen molar-refractivity contribution >= 4 is 34.6 Å². The van der Waals surface area contributed by atoms with Crippen molar-refractivity contribution < 1.29 is 22.7 Å². The van der Waals surface area contributed by atoms with Crippen LogP contribution in [0.25, 0.3) is 0 Å². The second-order valence-electron chi connectivity index (χ2n) is 6.69. The summed E-state index contributed by atoms with van der Waals surface area (Å²) in [6, 6.07) is 9.50. The molecule has 3 rings (SSSR count). The van der Waals surface area contributed by atoms with Gasteiger partial charge in [-0.1, -0.05) is 11.6 Å². The number of benzene rings is 2. The van der Waals surface area contributed by atoms with Crippen LogP contribution < -0.4 is 15.5 Å².